The number of benzene rings is 1. The molecule has 3 aliphatic rings. The number of aromatic nitrogens is 3. The van der Waals surface area contributed by atoms with Crippen molar-refractivity contribution in [2.75, 3.05) is 32.1 Å². The first kappa shape index (κ1) is 38.9. The van der Waals surface area contributed by atoms with Crippen molar-refractivity contribution >= 4 is 47.1 Å². The molecule has 1 aromatic carbocycles. The van der Waals surface area contributed by atoms with E-state index in [0.29, 0.717) is 29.2 Å². The van der Waals surface area contributed by atoms with Crippen LogP contribution in [0.3, 0.4) is 0 Å². The molecule has 5 rings (SSSR count). The summed E-state index contributed by atoms with van der Waals surface area (Å²) >= 11 is 1.59. The first-order chi connectivity index (χ1) is 24.5. The molecule has 0 unspecified atom stereocenters. The van der Waals surface area contributed by atoms with Crippen LogP contribution in [0.5, 0.6) is 0 Å². The van der Waals surface area contributed by atoms with Crippen LogP contribution in [0.15, 0.2) is 24.4 Å². The lowest BCUT2D eigenvalue weighted by Gasteiger charge is -2.37. The lowest BCUT2D eigenvalue weighted by atomic mass is 9.78. The zero-order valence-electron chi connectivity index (χ0n) is 30.3. The Morgan fingerprint density at radius 2 is 1.75 bits per heavy atom. The van der Waals surface area contributed by atoms with E-state index in [1.807, 2.05) is 0 Å². The summed E-state index contributed by atoms with van der Waals surface area (Å²) in [6.45, 7) is 3.15. The number of ketones is 1. The number of thioether (sulfide) groups is 1. The number of aliphatic hydroxyl groups is 1. The van der Waals surface area contributed by atoms with E-state index in [1.165, 1.54) is 32.8 Å². The maximum Gasteiger partial charge on any atom is 0.287 e. The van der Waals surface area contributed by atoms with Crippen molar-refractivity contribution in [3.8, 4) is 0 Å². The summed E-state index contributed by atoms with van der Waals surface area (Å²) in [6.07, 6.45) is 7.04. The molecule has 0 radical (unpaired) electrons. The summed E-state index contributed by atoms with van der Waals surface area (Å²) < 4.78 is 1.51. The van der Waals surface area contributed by atoms with E-state index in [9.17, 15) is 29.1 Å². The van der Waals surface area contributed by atoms with E-state index < -0.39 is 58.6 Å². The SMILES string of the molecule is CN(C)C(=O)c1ccc(C(N)=O)c([C@@H](CC2CCCCC2)C(=O)N2C[C@@H](n3nncc3C(C)(C)O)C[C@H]2C(=O)NC2(C(=O)C(N)=O)CCSCC2)c1. The molecule has 16 heteroatoms. The number of nitrogens with zero attached hydrogens (tertiary/aromatic N) is 5. The highest BCUT2D eigenvalue weighted by atomic mass is 32.2. The maximum atomic E-state index is 15.2. The number of nitrogens with two attached hydrogens (primary N) is 2. The molecule has 3 atom stereocenters. The van der Waals surface area contributed by atoms with Gasteiger partial charge in [-0.25, -0.2) is 4.68 Å². The number of hydrogen-bond donors (Lipinski definition) is 4. The van der Waals surface area contributed by atoms with E-state index in [1.54, 1.807) is 45.8 Å². The average molecular weight is 739 g/mol. The van der Waals surface area contributed by atoms with Gasteiger partial charge >= 0.3 is 0 Å². The van der Waals surface area contributed by atoms with Gasteiger partial charge < -0.3 is 31.7 Å². The molecule has 2 aliphatic heterocycles. The molecule has 15 nitrogen and oxygen atoms in total. The summed E-state index contributed by atoms with van der Waals surface area (Å²) in [7, 11) is 3.21. The molecule has 0 bridgehead atoms. The van der Waals surface area contributed by atoms with Gasteiger partial charge in [0.2, 0.25) is 23.5 Å². The number of hydrogen-bond acceptors (Lipinski definition) is 10. The van der Waals surface area contributed by atoms with Crippen molar-refractivity contribution in [3.05, 3.63) is 46.8 Å². The predicted molar refractivity (Wildman–Crippen MR) is 193 cm³/mol. The summed E-state index contributed by atoms with van der Waals surface area (Å²) in [4.78, 5) is 84.0. The van der Waals surface area contributed by atoms with Gasteiger partial charge in [-0.1, -0.05) is 37.3 Å². The lowest BCUT2D eigenvalue weighted by molar-refractivity contribution is -0.145. The van der Waals surface area contributed by atoms with Gasteiger partial charge in [0.15, 0.2) is 0 Å². The second-order valence-electron chi connectivity index (χ2n) is 15.1. The van der Waals surface area contributed by atoms with E-state index in [2.05, 4.69) is 15.6 Å². The monoisotopic (exact) mass is 738 g/mol. The largest absolute Gasteiger partial charge is 0.384 e. The van der Waals surface area contributed by atoms with Gasteiger partial charge in [0.05, 0.1) is 23.9 Å². The van der Waals surface area contributed by atoms with Gasteiger partial charge in [-0.15, -0.1) is 5.10 Å². The van der Waals surface area contributed by atoms with Crippen molar-refractivity contribution in [1.29, 1.82) is 0 Å². The molecule has 282 valence electrons. The second-order valence-corrected chi connectivity index (χ2v) is 16.3. The van der Waals surface area contributed by atoms with Crippen molar-refractivity contribution in [2.24, 2.45) is 17.4 Å². The van der Waals surface area contributed by atoms with E-state index in [4.69, 9.17) is 11.5 Å². The van der Waals surface area contributed by atoms with Crippen molar-refractivity contribution < 1.29 is 33.9 Å². The molecule has 0 spiro atoms. The minimum atomic E-state index is -1.52. The maximum absolute atomic E-state index is 15.2. The number of primary amides is 2. The average Bonchev–Trinajstić information content (AvgIpc) is 3.79. The minimum Gasteiger partial charge on any atom is -0.384 e. The zero-order chi connectivity index (χ0) is 38.0. The Balaban J connectivity index is 1.61. The molecule has 1 saturated carbocycles. The highest BCUT2D eigenvalue weighted by Crippen LogP contribution is 2.40. The number of amides is 5. The number of carbonyl (C=O) groups excluding carboxylic acids is 6. The smallest absolute Gasteiger partial charge is 0.287 e. The third kappa shape index (κ3) is 8.17. The van der Waals surface area contributed by atoms with Gasteiger partial charge in [-0.05, 0) is 74.3 Å². The molecular formula is C36H50N8O7S. The van der Waals surface area contributed by atoms with Crippen LogP contribution in [0.25, 0.3) is 0 Å². The van der Waals surface area contributed by atoms with Crippen LogP contribution < -0.4 is 16.8 Å². The quantitative estimate of drug-likeness (QED) is 0.230. The van der Waals surface area contributed by atoms with Crippen molar-refractivity contribution in [2.45, 2.75) is 101 Å². The number of nitrogens with one attached hydrogen (secondary N) is 1. The van der Waals surface area contributed by atoms with Gasteiger partial charge in [-0.3, -0.25) is 28.8 Å². The van der Waals surface area contributed by atoms with E-state index in [0.717, 1.165) is 32.1 Å². The Morgan fingerprint density at radius 1 is 1.08 bits per heavy atom. The molecule has 52 heavy (non-hydrogen) atoms. The minimum absolute atomic E-state index is 0.0145. The number of carbonyl (C=O) groups is 6. The normalized spacial score (nSPS) is 21.3. The van der Waals surface area contributed by atoms with E-state index in [-0.39, 0.29) is 48.8 Å². The van der Waals surface area contributed by atoms with Gasteiger partial charge in [0.1, 0.15) is 17.2 Å². The van der Waals surface area contributed by atoms with Crippen LogP contribution in [0.1, 0.15) is 116 Å². The fraction of sp³-hybridized carbons (Fsp3) is 0.611. The summed E-state index contributed by atoms with van der Waals surface area (Å²) in [5.74, 6) is -3.99. The van der Waals surface area contributed by atoms with Gasteiger partial charge in [0, 0.05) is 38.2 Å². The van der Waals surface area contributed by atoms with Crippen LogP contribution in [-0.4, -0.2) is 109 Å². The van der Waals surface area contributed by atoms with Crippen LogP contribution in [0, 0.1) is 5.92 Å². The van der Waals surface area contributed by atoms with Crippen molar-refractivity contribution in [3.63, 3.8) is 0 Å². The third-order valence-electron chi connectivity index (χ3n) is 10.7. The summed E-state index contributed by atoms with van der Waals surface area (Å²) in [5, 5.41) is 22.0. The summed E-state index contributed by atoms with van der Waals surface area (Å²) in [6, 6.07) is 2.79. The highest BCUT2D eigenvalue weighted by molar-refractivity contribution is 7.99. The molecule has 2 aromatic rings. The Bertz CT molecular complexity index is 1710. The topological polar surface area (TPSA) is 224 Å². The van der Waals surface area contributed by atoms with Gasteiger partial charge in [0.25, 0.3) is 11.8 Å². The Labute approximate surface area is 307 Å². The highest BCUT2D eigenvalue weighted by Gasteiger charge is 2.49. The molecule has 1 aromatic heterocycles. The van der Waals surface area contributed by atoms with Crippen LogP contribution >= 0.6 is 11.8 Å². The Morgan fingerprint density at radius 3 is 2.35 bits per heavy atom. The first-order valence-corrected chi connectivity index (χ1v) is 19.0. The Kier molecular flexibility index (Phi) is 11.8. The molecule has 6 N–H and O–H groups in total. The molecule has 3 fully saturated rings. The lowest BCUT2D eigenvalue weighted by Crippen LogP contribution is -2.62. The predicted octanol–water partition coefficient (Wildman–Crippen LogP) is 1.64. The fourth-order valence-electron chi connectivity index (χ4n) is 7.90. The second kappa shape index (κ2) is 15.7. The van der Waals surface area contributed by atoms with E-state index >= 15 is 4.79 Å². The number of rotatable bonds is 12. The van der Waals surface area contributed by atoms with Crippen molar-refractivity contribution in [1.82, 2.24) is 30.1 Å². The first-order valence-electron chi connectivity index (χ1n) is 17.9. The fourth-order valence-corrected chi connectivity index (χ4v) is 9.09. The standard InChI is InChI=1S/C36H50N8O7S/c1-35(2,51)28-19-39-41-44(28)23-18-27(32(48)40-36(29(45)31(38)47)12-14-52-15-13-36)43(20-23)34(50)26(16-21-8-6-5-7-9-21)25-17-22(33(49)42(3)4)10-11-24(25)30(37)46/h10-11,17,19,21,23,26-27,51H,5-9,12-16,18,20H2,1-4H3,(H2,37,46)(H2,38,47)(H,40,48)/t23-,26+,27-/m0/s1. The molecule has 1 aliphatic carbocycles. The molecular weight excluding hydrogens is 689 g/mol. The van der Waals surface area contributed by atoms with Crippen LogP contribution in [-0.2, 0) is 24.8 Å². The van der Waals surface area contributed by atoms with Crippen LogP contribution in [0.2, 0.25) is 0 Å². The molecule has 2 saturated heterocycles. The molecule has 5 amide bonds. The number of Topliss-reactive ketones (excluding diaryl/α,β-unsaturated/α-hetero) is 1. The summed E-state index contributed by atoms with van der Waals surface area (Å²) in [5.41, 5.74) is 9.54. The van der Waals surface area contributed by atoms with Crippen LogP contribution in [0.4, 0.5) is 0 Å². The van der Waals surface area contributed by atoms with Gasteiger partial charge in [-0.2, -0.15) is 11.8 Å². The Hall–Kier alpha value is -4.31. The third-order valence-corrected chi connectivity index (χ3v) is 11.7. The zero-order valence-corrected chi connectivity index (χ0v) is 31.1. The molecule has 3 heterocycles. The number of likely N-dealkylation sites (tertiary alicyclic amines) is 1.